The zero-order valence-corrected chi connectivity index (χ0v) is 19.3. The van der Waals surface area contributed by atoms with Crippen LogP contribution in [0.1, 0.15) is 21.5 Å². The monoisotopic (exact) mass is 493 g/mol. The minimum atomic E-state index is -1.09. The van der Waals surface area contributed by atoms with Gasteiger partial charge in [-0.2, -0.15) is 0 Å². The Morgan fingerprint density at radius 3 is 1.72 bits per heavy atom. The highest BCUT2D eigenvalue weighted by Gasteiger charge is 2.19. The van der Waals surface area contributed by atoms with E-state index < -0.39 is 30.8 Å². The van der Waals surface area contributed by atoms with Crippen molar-refractivity contribution in [2.45, 2.75) is 13.2 Å². The zero-order valence-electron chi connectivity index (χ0n) is 19.3. The molecular formula is C26H23NO9. The number of carbonyl (C=O) groups is 4. The summed E-state index contributed by atoms with van der Waals surface area (Å²) in [6, 6.07) is 21.6. The summed E-state index contributed by atoms with van der Waals surface area (Å²) in [5.74, 6) is -1.04. The molecule has 0 heterocycles. The average molecular weight is 493 g/mol. The maximum absolute atomic E-state index is 12.4. The van der Waals surface area contributed by atoms with E-state index in [9.17, 15) is 19.2 Å². The van der Waals surface area contributed by atoms with E-state index in [0.717, 1.165) is 11.1 Å². The molecule has 0 bridgehead atoms. The Hall–Kier alpha value is -4.86. The highest BCUT2D eigenvalue weighted by molar-refractivity contribution is 5.98. The van der Waals surface area contributed by atoms with Crippen molar-refractivity contribution in [1.82, 2.24) is 5.32 Å². The average Bonchev–Trinajstić information content (AvgIpc) is 2.91. The van der Waals surface area contributed by atoms with Gasteiger partial charge in [0.1, 0.15) is 13.2 Å². The lowest BCUT2D eigenvalue weighted by Gasteiger charge is -2.12. The lowest BCUT2D eigenvalue weighted by Crippen LogP contribution is -2.23. The van der Waals surface area contributed by atoms with Crippen LogP contribution in [0.5, 0.6) is 11.5 Å². The molecule has 3 aromatic rings. The fraction of sp³-hybridized carbons (Fsp3) is 0.154. The van der Waals surface area contributed by atoms with Gasteiger partial charge in [-0.05, 0) is 29.3 Å². The first-order valence-electron chi connectivity index (χ1n) is 10.7. The van der Waals surface area contributed by atoms with Crippen LogP contribution in [-0.2, 0) is 27.4 Å². The van der Waals surface area contributed by atoms with Crippen LogP contribution in [0.4, 0.5) is 14.4 Å². The first kappa shape index (κ1) is 25.8. The summed E-state index contributed by atoms with van der Waals surface area (Å²) in [6.45, 7) is -0.660. The van der Waals surface area contributed by atoms with Gasteiger partial charge in [-0.1, -0.05) is 60.7 Å². The van der Waals surface area contributed by atoms with Crippen molar-refractivity contribution in [3.63, 3.8) is 0 Å². The van der Waals surface area contributed by atoms with Gasteiger partial charge >= 0.3 is 18.4 Å². The molecule has 36 heavy (non-hydrogen) atoms. The predicted molar refractivity (Wildman–Crippen MR) is 126 cm³/mol. The number of ether oxygens (including phenoxy) is 5. The van der Waals surface area contributed by atoms with Crippen LogP contribution < -0.4 is 14.8 Å². The molecule has 0 radical (unpaired) electrons. The summed E-state index contributed by atoms with van der Waals surface area (Å²) in [5, 5.41) is 2.22. The quantitative estimate of drug-likeness (QED) is 0.196. The first-order chi connectivity index (χ1) is 17.4. The number of hydrogen-bond donors (Lipinski definition) is 1. The molecule has 186 valence electrons. The zero-order chi connectivity index (χ0) is 25.8. The molecule has 0 saturated carbocycles. The van der Waals surface area contributed by atoms with E-state index in [-0.39, 0.29) is 30.3 Å². The normalized spacial score (nSPS) is 10.0. The molecule has 0 saturated heterocycles. The molecule has 0 aliphatic heterocycles. The fourth-order valence-electron chi connectivity index (χ4n) is 2.80. The molecule has 0 spiro atoms. The number of rotatable bonds is 9. The van der Waals surface area contributed by atoms with Crippen LogP contribution >= 0.6 is 0 Å². The maximum Gasteiger partial charge on any atom is 0.514 e. The van der Waals surface area contributed by atoms with E-state index in [1.807, 2.05) is 12.1 Å². The Labute approximate surface area is 206 Å². The lowest BCUT2D eigenvalue weighted by molar-refractivity contribution is 0.0823. The minimum Gasteiger partial charge on any atom is -0.441 e. The number of Topliss-reactive ketones (excluding diaryl/α,β-unsaturated/α-hetero) is 1. The van der Waals surface area contributed by atoms with Crippen molar-refractivity contribution in [3.8, 4) is 11.5 Å². The van der Waals surface area contributed by atoms with Crippen LogP contribution in [0.25, 0.3) is 0 Å². The number of carbonyl (C=O) groups excluding carboxylic acids is 4. The van der Waals surface area contributed by atoms with Crippen molar-refractivity contribution in [1.29, 1.82) is 0 Å². The lowest BCUT2D eigenvalue weighted by atomic mass is 10.1. The summed E-state index contributed by atoms with van der Waals surface area (Å²) >= 11 is 0. The van der Waals surface area contributed by atoms with Crippen LogP contribution in [0.2, 0.25) is 0 Å². The standard InChI is InChI=1S/C26H23NO9/c1-27-24(29)32-17-21(28)20-12-13-22(35-25(30)33-15-18-8-4-2-5-9-18)23(14-20)36-26(31)34-16-19-10-6-3-7-11-19/h2-14H,15-17H2,1H3,(H,27,29). The topological polar surface area (TPSA) is 126 Å². The number of nitrogens with one attached hydrogen (secondary N) is 1. The van der Waals surface area contributed by atoms with Crippen molar-refractivity contribution in [3.05, 3.63) is 95.6 Å². The van der Waals surface area contributed by atoms with Gasteiger partial charge in [0.2, 0.25) is 5.78 Å². The Bertz CT molecular complexity index is 1200. The van der Waals surface area contributed by atoms with Crippen LogP contribution in [0, 0.1) is 0 Å². The highest BCUT2D eigenvalue weighted by atomic mass is 16.7. The van der Waals surface area contributed by atoms with E-state index in [2.05, 4.69) is 5.32 Å². The number of ketones is 1. The molecule has 10 nitrogen and oxygen atoms in total. The maximum atomic E-state index is 12.4. The molecule has 0 aliphatic carbocycles. The summed E-state index contributed by atoms with van der Waals surface area (Å²) in [4.78, 5) is 48.2. The number of amides is 1. The van der Waals surface area contributed by atoms with E-state index in [1.54, 1.807) is 48.5 Å². The van der Waals surface area contributed by atoms with Gasteiger partial charge < -0.3 is 29.0 Å². The Balaban J connectivity index is 1.70. The van der Waals surface area contributed by atoms with Crippen molar-refractivity contribution < 1.29 is 42.9 Å². The van der Waals surface area contributed by atoms with Crippen LogP contribution in [-0.4, -0.2) is 37.8 Å². The third-order valence-corrected chi connectivity index (χ3v) is 4.59. The van der Waals surface area contributed by atoms with E-state index >= 15 is 0 Å². The Kier molecular flexibility index (Phi) is 9.40. The molecule has 0 aromatic heterocycles. The largest absolute Gasteiger partial charge is 0.514 e. The molecule has 1 N–H and O–H groups in total. The van der Waals surface area contributed by atoms with E-state index in [4.69, 9.17) is 23.7 Å². The van der Waals surface area contributed by atoms with E-state index in [0.29, 0.717) is 0 Å². The first-order valence-corrected chi connectivity index (χ1v) is 10.7. The molecule has 0 fully saturated rings. The van der Waals surface area contributed by atoms with Crippen LogP contribution in [0.15, 0.2) is 78.9 Å². The van der Waals surface area contributed by atoms with Gasteiger partial charge in [0.25, 0.3) is 0 Å². The molecule has 1 amide bonds. The van der Waals surface area contributed by atoms with Gasteiger partial charge in [-0.3, -0.25) is 4.79 Å². The Morgan fingerprint density at radius 1 is 0.667 bits per heavy atom. The predicted octanol–water partition coefficient (Wildman–Crippen LogP) is 4.66. The number of alkyl carbamates (subject to hydrolysis) is 1. The van der Waals surface area contributed by atoms with Crippen molar-refractivity contribution in [2.75, 3.05) is 13.7 Å². The van der Waals surface area contributed by atoms with E-state index in [1.165, 1.54) is 25.2 Å². The second kappa shape index (κ2) is 13.1. The summed E-state index contributed by atoms with van der Waals surface area (Å²) in [5.41, 5.74) is 1.51. The third kappa shape index (κ3) is 8.17. The third-order valence-electron chi connectivity index (χ3n) is 4.59. The molecular weight excluding hydrogens is 470 g/mol. The van der Waals surface area contributed by atoms with Gasteiger partial charge in [0, 0.05) is 12.6 Å². The molecule has 3 rings (SSSR count). The second-order valence-electron chi connectivity index (χ2n) is 7.16. The molecule has 0 unspecified atom stereocenters. The van der Waals surface area contributed by atoms with Gasteiger partial charge in [-0.15, -0.1) is 0 Å². The molecule has 3 aromatic carbocycles. The number of benzene rings is 3. The summed E-state index contributed by atoms with van der Waals surface area (Å²) in [6.07, 6.45) is -2.93. The SMILES string of the molecule is CNC(=O)OCC(=O)c1ccc(OC(=O)OCc2ccccc2)c(OC(=O)OCc2ccccc2)c1. The van der Waals surface area contributed by atoms with Crippen LogP contribution in [0.3, 0.4) is 0 Å². The smallest absolute Gasteiger partial charge is 0.441 e. The molecule has 0 atom stereocenters. The summed E-state index contributed by atoms with van der Waals surface area (Å²) in [7, 11) is 1.35. The minimum absolute atomic E-state index is 0.0368. The van der Waals surface area contributed by atoms with Crippen molar-refractivity contribution >= 4 is 24.2 Å². The Morgan fingerprint density at radius 2 is 1.19 bits per heavy atom. The van der Waals surface area contributed by atoms with Gasteiger partial charge in [-0.25, -0.2) is 14.4 Å². The highest BCUT2D eigenvalue weighted by Crippen LogP contribution is 2.30. The molecule has 10 heteroatoms. The summed E-state index contributed by atoms with van der Waals surface area (Å²) < 4.78 is 25.3. The molecule has 0 aliphatic rings. The number of hydrogen-bond acceptors (Lipinski definition) is 9. The van der Waals surface area contributed by atoms with Crippen molar-refractivity contribution in [2.24, 2.45) is 0 Å². The van der Waals surface area contributed by atoms with Gasteiger partial charge in [0.15, 0.2) is 18.1 Å². The fourth-order valence-corrected chi connectivity index (χ4v) is 2.80. The van der Waals surface area contributed by atoms with Gasteiger partial charge in [0.05, 0.1) is 0 Å². The second-order valence-corrected chi connectivity index (χ2v) is 7.16.